The summed E-state index contributed by atoms with van der Waals surface area (Å²) in [6.45, 7) is 4.77. The Morgan fingerprint density at radius 1 is 0.393 bits per heavy atom. The predicted octanol–water partition coefficient (Wildman–Crippen LogP) is 15.2. The van der Waals surface area contributed by atoms with Crippen LogP contribution in [0.1, 0.15) is 68.2 Å². The van der Waals surface area contributed by atoms with Crippen molar-refractivity contribution in [2.45, 2.75) is 56.8 Å². The molecule has 0 aromatic heterocycles. The Hall–Kier alpha value is -6.18. The van der Waals surface area contributed by atoms with Gasteiger partial charge in [0.05, 0.1) is 0 Å². The van der Waals surface area contributed by atoms with E-state index in [9.17, 15) is 0 Å². The monoisotopic (exact) mass is 719 g/mol. The van der Waals surface area contributed by atoms with Crippen LogP contribution in [0.25, 0.3) is 55.3 Å². The SMILES string of the molecule is CC1(C)c2ccccc2-c2cccc(-c3cccc(N(c4ccc(-c5cccc6ccccc56)cc4)c4ccc5c(c4)C4(CCCCC4)c4ccccc4-5)c3)c21. The molecule has 0 radical (unpaired) electrons. The maximum absolute atomic E-state index is 2.55. The second-order valence-corrected chi connectivity index (χ2v) is 16.8. The van der Waals surface area contributed by atoms with Gasteiger partial charge in [0.25, 0.3) is 0 Å². The number of rotatable bonds is 5. The lowest BCUT2D eigenvalue weighted by atomic mass is 9.68. The smallest absolute Gasteiger partial charge is 0.0467 e. The van der Waals surface area contributed by atoms with E-state index in [0.29, 0.717) is 0 Å². The molecule has 56 heavy (non-hydrogen) atoms. The van der Waals surface area contributed by atoms with Crippen molar-refractivity contribution in [3.63, 3.8) is 0 Å². The van der Waals surface area contributed by atoms with Crippen molar-refractivity contribution in [2.75, 3.05) is 4.90 Å². The molecule has 0 atom stereocenters. The molecular formula is C55H45N. The summed E-state index contributed by atoms with van der Waals surface area (Å²) in [5, 5.41) is 2.55. The van der Waals surface area contributed by atoms with Gasteiger partial charge in [0, 0.05) is 27.9 Å². The molecule has 0 heterocycles. The Balaban J connectivity index is 1.08. The number of fused-ring (bicyclic) bond motifs is 9. The van der Waals surface area contributed by atoms with Crippen molar-refractivity contribution in [1.29, 1.82) is 0 Å². The highest BCUT2D eigenvalue weighted by molar-refractivity contribution is 5.97. The maximum atomic E-state index is 2.55. The molecule has 11 rings (SSSR count). The first kappa shape index (κ1) is 33.2. The largest absolute Gasteiger partial charge is 0.310 e. The fourth-order valence-electron chi connectivity index (χ4n) is 10.9. The lowest BCUT2D eigenvalue weighted by Crippen LogP contribution is -2.28. The van der Waals surface area contributed by atoms with Gasteiger partial charge in [-0.15, -0.1) is 0 Å². The summed E-state index contributed by atoms with van der Waals surface area (Å²) in [4.78, 5) is 2.50. The summed E-state index contributed by atoms with van der Waals surface area (Å²) in [6, 6.07) is 66.2. The van der Waals surface area contributed by atoms with Gasteiger partial charge in [-0.1, -0.05) is 173 Å². The zero-order valence-corrected chi connectivity index (χ0v) is 32.2. The molecule has 8 aromatic rings. The van der Waals surface area contributed by atoms with Gasteiger partial charge in [-0.05, 0) is 127 Å². The molecule has 0 saturated heterocycles. The third kappa shape index (κ3) is 4.93. The van der Waals surface area contributed by atoms with E-state index in [0.717, 1.165) is 5.69 Å². The fourth-order valence-corrected chi connectivity index (χ4v) is 10.9. The first-order valence-electron chi connectivity index (χ1n) is 20.5. The molecule has 0 aliphatic heterocycles. The Labute approximate surface area is 330 Å². The van der Waals surface area contributed by atoms with Crippen molar-refractivity contribution in [2.24, 2.45) is 0 Å². The molecule has 1 fully saturated rings. The van der Waals surface area contributed by atoms with Crippen LogP contribution in [0.5, 0.6) is 0 Å². The minimum atomic E-state index is -0.0983. The van der Waals surface area contributed by atoms with Gasteiger partial charge in [0.2, 0.25) is 0 Å². The summed E-state index contributed by atoms with van der Waals surface area (Å²) in [5.41, 5.74) is 20.0. The highest BCUT2D eigenvalue weighted by Crippen LogP contribution is 2.57. The molecule has 1 spiro atoms. The van der Waals surface area contributed by atoms with Gasteiger partial charge >= 0.3 is 0 Å². The molecular weight excluding hydrogens is 675 g/mol. The van der Waals surface area contributed by atoms with E-state index in [-0.39, 0.29) is 10.8 Å². The summed E-state index contributed by atoms with van der Waals surface area (Å²) >= 11 is 0. The number of benzene rings is 8. The second-order valence-electron chi connectivity index (χ2n) is 16.8. The van der Waals surface area contributed by atoms with Crippen LogP contribution in [0.15, 0.2) is 176 Å². The quantitative estimate of drug-likeness (QED) is 0.171. The predicted molar refractivity (Wildman–Crippen MR) is 236 cm³/mol. The van der Waals surface area contributed by atoms with E-state index in [1.54, 1.807) is 0 Å². The lowest BCUT2D eigenvalue weighted by molar-refractivity contribution is 0.353. The molecule has 1 saturated carbocycles. The number of nitrogens with zero attached hydrogens (tertiary/aromatic N) is 1. The van der Waals surface area contributed by atoms with E-state index >= 15 is 0 Å². The molecule has 1 heteroatoms. The molecule has 8 aromatic carbocycles. The summed E-state index contributed by atoms with van der Waals surface area (Å²) < 4.78 is 0. The van der Waals surface area contributed by atoms with Gasteiger partial charge < -0.3 is 4.90 Å². The van der Waals surface area contributed by atoms with Crippen molar-refractivity contribution < 1.29 is 0 Å². The van der Waals surface area contributed by atoms with Crippen LogP contribution < -0.4 is 4.90 Å². The molecule has 0 bridgehead atoms. The molecule has 270 valence electrons. The Morgan fingerprint density at radius 3 is 1.82 bits per heavy atom. The Morgan fingerprint density at radius 2 is 0.982 bits per heavy atom. The van der Waals surface area contributed by atoms with E-state index in [1.807, 2.05) is 0 Å². The minimum Gasteiger partial charge on any atom is -0.310 e. The molecule has 0 unspecified atom stereocenters. The van der Waals surface area contributed by atoms with E-state index < -0.39 is 0 Å². The van der Waals surface area contributed by atoms with Crippen molar-refractivity contribution in [3.8, 4) is 44.5 Å². The Bertz CT molecular complexity index is 2810. The normalized spacial score (nSPS) is 15.6. The minimum absolute atomic E-state index is 0.0805. The van der Waals surface area contributed by atoms with Crippen LogP contribution in [-0.2, 0) is 10.8 Å². The van der Waals surface area contributed by atoms with Gasteiger partial charge in [-0.3, -0.25) is 0 Å². The van der Waals surface area contributed by atoms with Gasteiger partial charge in [-0.2, -0.15) is 0 Å². The third-order valence-corrected chi connectivity index (χ3v) is 13.4. The van der Waals surface area contributed by atoms with Crippen LogP contribution >= 0.6 is 0 Å². The van der Waals surface area contributed by atoms with Gasteiger partial charge in [0.15, 0.2) is 0 Å². The van der Waals surface area contributed by atoms with Crippen molar-refractivity contribution in [1.82, 2.24) is 0 Å². The highest BCUT2D eigenvalue weighted by Gasteiger charge is 2.44. The van der Waals surface area contributed by atoms with Crippen LogP contribution in [0, 0.1) is 0 Å². The van der Waals surface area contributed by atoms with E-state index in [4.69, 9.17) is 0 Å². The number of hydrogen-bond acceptors (Lipinski definition) is 1. The molecule has 0 amide bonds. The standard InChI is InChI=1S/C55H45N/c1-54(2)50-25-8-6-21-47(50)49-24-14-23-45(53(49)54)39-17-12-18-41(35-39)56(40-29-27-38(28-30-40)44-22-13-16-37-15-4-5-19-43(37)44)42-31-32-48-46-20-7-9-26-51(46)55(52(48)36-42)33-10-3-11-34-55/h4-9,12-32,35-36H,3,10-11,33-34H2,1-2H3. The topological polar surface area (TPSA) is 3.24 Å². The zero-order chi connectivity index (χ0) is 37.4. The van der Waals surface area contributed by atoms with Crippen LogP contribution in [0.4, 0.5) is 17.1 Å². The third-order valence-electron chi connectivity index (χ3n) is 13.4. The summed E-state index contributed by atoms with van der Waals surface area (Å²) in [6.07, 6.45) is 6.31. The zero-order valence-electron chi connectivity index (χ0n) is 32.2. The Kier molecular flexibility index (Phi) is 7.52. The first-order chi connectivity index (χ1) is 27.5. The average Bonchev–Trinajstić information content (AvgIpc) is 3.65. The number of anilines is 3. The molecule has 3 aliphatic rings. The van der Waals surface area contributed by atoms with Gasteiger partial charge in [-0.25, -0.2) is 0 Å². The average molecular weight is 720 g/mol. The molecule has 0 N–H and O–H groups in total. The second kappa shape index (κ2) is 12.7. The first-order valence-corrected chi connectivity index (χ1v) is 20.5. The number of hydrogen-bond donors (Lipinski definition) is 0. The maximum Gasteiger partial charge on any atom is 0.0467 e. The lowest BCUT2D eigenvalue weighted by Gasteiger charge is -2.36. The van der Waals surface area contributed by atoms with Crippen molar-refractivity contribution >= 4 is 27.8 Å². The van der Waals surface area contributed by atoms with Gasteiger partial charge in [0.1, 0.15) is 0 Å². The summed E-state index contributed by atoms with van der Waals surface area (Å²) in [7, 11) is 0. The van der Waals surface area contributed by atoms with E-state index in [2.05, 4.69) is 195 Å². The molecule has 1 nitrogen and oxygen atoms in total. The van der Waals surface area contributed by atoms with Crippen LogP contribution in [0.2, 0.25) is 0 Å². The van der Waals surface area contributed by atoms with E-state index in [1.165, 1.54) is 121 Å². The molecule has 3 aliphatic carbocycles. The van der Waals surface area contributed by atoms with Crippen molar-refractivity contribution in [3.05, 3.63) is 198 Å². The summed E-state index contributed by atoms with van der Waals surface area (Å²) in [5.74, 6) is 0. The fraction of sp³-hybridized carbons (Fsp3) is 0.164. The van der Waals surface area contributed by atoms with Crippen LogP contribution in [0.3, 0.4) is 0 Å². The highest BCUT2D eigenvalue weighted by atomic mass is 15.1. The van der Waals surface area contributed by atoms with Crippen LogP contribution in [-0.4, -0.2) is 0 Å².